The number of nitrogens with one attached hydrogen (secondary N) is 2. The number of hydrogen-bond donors (Lipinski definition) is 2. The van der Waals surface area contributed by atoms with Gasteiger partial charge in [-0.25, -0.2) is 4.39 Å². The molecule has 0 atom stereocenters. The molecule has 0 unspecified atom stereocenters. The van der Waals surface area contributed by atoms with Gasteiger partial charge in [-0.15, -0.1) is 23.1 Å². The van der Waals surface area contributed by atoms with E-state index in [1.165, 1.54) is 58.5 Å². The van der Waals surface area contributed by atoms with Crippen molar-refractivity contribution in [3.63, 3.8) is 0 Å². The summed E-state index contributed by atoms with van der Waals surface area (Å²) in [4.78, 5) is 26.8. The first kappa shape index (κ1) is 17.9. The second-order valence-electron chi connectivity index (χ2n) is 5.82. The van der Waals surface area contributed by atoms with Crippen LogP contribution >= 0.6 is 23.1 Å². The first-order valence-corrected chi connectivity index (χ1v) is 10.0. The number of carbonyl (C=O) groups excluding carboxylic acids is 2. The van der Waals surface area contributed by atoms with Gasteiger partial charge >= 0.3 is 0 Å². The monoisotopic (exact) mass is 378 g/mol. The van der Waals surface area contributed by atoms with E-state index in [-0.39, 0.29) is 24.1 Å². The molecule has 132 valence electrons. The Morgan fingerprint density at radius 2 is 1.88 bits per heavy atom. The topological polar surface area (TPSA) is 58.2 Å². The Morgan fingerprint density at radius 1 is 1.12 bits per heavy atom. The maximum atomic E-state index is 12.8. The van der Waals surface area contributed by atoms with Crippen LogP contribution < -0.4 is 10.9 Å². The molecule has 1 aliphatic rings. The van der Waals surface area contributed by atoms with Crippen molar-refractivity contribution in [3.05, 3.63) is 51.5 Å². The highest BCUT2D eigenvalue weighted by molar-refractivity contribution is 7.99. The lowest BCUT2D eigenvalue weighted by Gasteiger charge is -2.08. The minimum absolute atomic E-state index is 0.246. The molecule has 3 rings (SSSR count). The molecular weight excluding hydrogens is 359 g/mol. The Morgan fingerprint density at radius 3 is 2.64 bits per heavy atom. The fourth-order valence-electron chi connectivity index (χ4n) is 2.65. The van der Waals surface area contributed by atoms with E-state index in [0.29, 0.717) is 10.6 Å². The van der Waals surface area contributed by atoms with Gasteiger partial charge in [-0.3, -0.25) is 20.4 Å². The third kappa shape index (κ3) is 5.06. The molecule has 2 N–H and O–H groups in total. The zero-order valence-electron chi connectivity index (χ0n) is 13.6. The highest BCUT2D eigenvalue weighted by atomic mass is 32.2. The number of hydrazine groups is 1. The minimum Gasteiger partial charge on any atom is -0.273 e. The number of amides is 2. The smallest absolute Gasteiger partial charge is 0.273 e. The first-order chi connectivity index (χ1) is 12.1. The molecule has 0 fully saturated rings. The Bertz CT molecular complexity index is 735. The maximum Gasteiger partial charge on any atom is 0.279 e. The fourth-order valence-corrected chi connectivity index (χ4v) is 4.65. The summed E-state index contributed by atoms with van der Waals surface area (Å²) in [5.41, 5.74) is 6.20. The number of carbonyl (C=O) groups is 2. The van der Waals surface area contributed by atoms with Crippen LogP contribution in [0.15, 0.2) is 35.2 Å². The van der Waals surface area contributed by atoms with Crippen molar-refractivity contribution in [2.45, 2.75) is 37.0 Å². The normalized spacial score (nSPS) is 13.2. The van der Waals surface area contributed by atoms with Crippen LogP contribution in [0.2, 0.25) is 0 Å². The zero-order valence-corrected chi connectivity index (χ0v) is 15.3. The highest BCUT2D eigenvalue weighted by Crippen LogP contribution is 2.29. The van der Waals surface area contributed by atoms with Crippen LogP contribution in [0.4, 0.5) is 4.39 Å². The lowest BCUT2D eigenvalue weighted by atomic mass is 9.99. The van der Waals surface area contributed by atoms with E-state index in [1.54, 1.807) is 12.1 Å². The van der Waals surface area contributed by atoms with Crippen LogP contribution in [-0.4, -0.2) is 17.6 Å². The molecule has 0 bridgehead atoms. The molecule has 25 heavy (non-hydrogen) atoms. The van der Waals surface area contributed by atoms with Gasteiger partial charge in [-0.05, 0) is 61.6 Å². The lowest BCUT2D eigenvalue weighted by Crippen LogP contribution is -2.41. The summed E-state index contributed by atoms with van der Waals surface area (Å²) in [6.45, 7) is 0. The van der Waals surface area contributed by atoms with Crippen LogP contribution in [0.5, 0.6) is 0 Å². The number of fused-ring (bicyclic) bond motifs is 1. The summed E-state index contributed by atoms with van der Waals surface area (Å²) in [5, 5.41) is 0. The predicted molar refractivity (Wildman–Crippen MR) is 98.3 cm³/mol. The zero-order chi connectivity index (χ0) is 17.6. The number of thioether (sulfide) groups is 1. The van der Waals surface area contributed by atoms with E-state index in [1.807, 2.05) is 6.07 Å². The van der Waals surface area contributed by atoms with Gasteiger partial charge in [0.05, 0.1) is 4.88 Å². The molecule has 0 radical (unpaired) electrons. The van der Waals surface area contributed by atoms with Crippen molar-refractivity contribution in [3.8, 4) is 0 Å². The van der Waals surface area contributed by atoms with Crippen LogP contribution in [-0.2, 0) is 17.6 Å². The first-order valence-electron chi connectivity index (χ1n) is 8.21. The van der Waals surface area contributed by atoms with Gasteiger partial charge in [0, 0.05) is 21.9 Å². The molecule has 2 aromatic rings. The average Bonchev–Trinajstić information content (AvgIpc) is 3.05. The molecule has 1 aromatic heterocycles. The van der Waals surface area contributed by atoms with Crippen molar-refractivity contribution in [2.75, 3.05) is 5.75 Å². The fraction of sp³-hybridized carbons (Fsp3) is 0.333. The number of benzene rings is 1. The highest BCUT2D eigenvalue weighted by Gasteiger charge is 2.17. The summed E-state index contributed by atoms with van der Waals surface area (Å²) in [6, 6.07) is 8.08. The van der Waals surface area contributed by atoms with Gasteiger partial charge in [0.2, 0.25) is 5.91 Å². The molecule has 0 saturated heterocycles. The molecule has 7 heteroatoms. The van der Waals surface area contributed by atoms with Crippen molar-refractivity contribution >= 4 is 34.9 Å². The molecule has 1 heterocycles. The van der Waals surface area contributed by atoms with Gasteiger partial charge in [0.25, 0.3) is 5.91 Å². The molecule has 0 saturated carbocycles. The van der Waals surface area contributed by atoms with Gasteiger partial charge in [0.1, 0.15) is 5.82 Å². The van der Waals surface area contributed by atoms with Gasteiger partial charge in [-0.1, -0.05) is 0 Å². The van der Waals surface area contributed by atoms with Gasteiger partial charge in [0.15, 0.2) is 0 Å². The van der Waals surface area contributed by atoms with Crippen LogP contribution in [0.1, 0.15) is 39.4 Å². The lowest BCUT2D eigenvalue weighted by molar-refractivity contribution is -0.121. The molecule has 1 aromatic carbocycles. The second kappa shape index (κ2) is 8.49. The maximum absolute atomic E-state index is 12.8. The number of hydrogen-bond acceptors (Lipinski definition) is 4. The van der Waals surface area contributed by atoms with Crippen LogP contribution in [0.3, 0.4) is 0 Å². The Balaban J connectivity index is 1.40. The van der Waals surface area contributed by atoms with E-state index < -0.39 is 0 Å². The van der Waals surface area contributed by atoms with E-state index >= 15 is 0 Å². The van der Waals surface area contributed by atoms with Gasteiger partial charge in [-0.2, -0.15) is 0 Å². The summed E-state index contributed by atoms with van der Waals surface area (Å²) in [7, 11) is 0. The summed E-state index contributed by atoms with van der Waals surface area (Å²) in [6.07, 6.45) is 4.69. The SMILES string of the molecule is O=C(CCSc1ccc(F)cc1)NNC(=O)c1cc2c(s1)CCCC2. The predicted octanol–water partition coefficient (Wildman–Crippen LogP) is 3.71. The molecule has 0 spiro atoms. The summed E-state index contributed by atoms with van der Waals surface area (Å²) < 4.78 is 12.8. The third-order valence-corrected chi connectivity index (χ3v) is 6.20. The standard InChI is InChI=1S/C18H19FN2O2S2/c19-13-5-7-14(8-6-13)24-10-9-17(22)20-21-18(23)16-11-12-3-1-2-4-15(12)25-16/h5-8,11H,1-4,9-10H2,(H,20,22)(H,21,23). The average molecular weight is 378 g/mol. The molecule has 2 amide bonds. The number of thiophene rings is 1. The molecule has 1 aliphatic carbocycles. The Kier molecular flexibility index (Phi) is 6.09. The van der Waals surface area contributed by atoms with Gasteiger partial charge < -0.3 is 0 Å². The minimum atomic E-state index is -0.278. The van der Waals surface area contributed by atoms with E-state index in [4.69, 9.17) is 0 Å². The Labute approximate surface area is 154 Å². The molecule has 4 nitrogen and oxygen atoms in total. The van der Waals surface area contributed by atoms with Crippen molar-refractivity contribution in [2.24, 2.45) is 0 Å². The third-order valence-electron chi connectivity index (χ3n) is 3.95. The van der Waals surface area contributed by atoms with Crippen molar-refractivity contribution in [1.82, 2.24) is 10.9 Å². The van der Waals surface area contributed by atoms with Crippen LogP contribution in [0.25, 0.3) is 0 Å². The van der Waals surface area contributed by atoms with E-state index in [0.717, 1.165) is 17.7 Å². The largest absolute Gasteiger partial charge is 0.279 e. The summed E-state index contributed by atoms with van der Waals surface area (Å²) >= 11 is 2.98. The summed E-state index contributed by atoms with van der Waals surface area (Å²) in [5.74, 6) is -0.232. The number of halogens is 1. The van der Waals surface area contributed by atoms with E-state index in [2.05, 4.69) is 10.9 Å². The van der Waals surface area contributed by atoms with E-state index in [9.17, 15) is 14.0 Å². The van der Waals surface area contributed by atoms with Crippen LogP contribution in [0, 0.1) is 5.82 Å². The number of rotatable bonds is 5. The second-order valence-corrected chi connectivity index (χ2v) is 8.13. The number of aryl methyl sites for hydroxylation is 2. The molecular formula is C18H19FN2O2S2. The van der Waals surface area contributed by atoms with Crippen molar-refractivity contribution in [1.29, 1.82) is 0 Å². The quantitative estimate of drug-likeness (QED) is 0.616. The molecule has 0 aliphatic heterocycles. The Hall–Kier alpha value is -1.86. The van der Waals surface area contributed by atoms with Crippen molar-refractivity contribution < 1.29 is 14.0 Å².